The van der Waals surface area contributed by atoms with E-state index >= 15 is 0 Å². The molecule has 2 N–H and O–H groups in total. The van der Waals surface area contributed by atoms with Crippen molar-refractivity contribution in [1.82, 2.24) is 5.32 Å². The normalized spacial score (nSPS) is 27.8. The van der Waals surface area contributed by atoms with E-state index in [4.69, 9.17) is 4.74 Å². The van der Waals surface area contributed by atoms with Crippen LogP contribution in [0.5, 0.6) is 0 Å². The van der Waals surface area contributed by atoms with E-state index in [1.54, 1.807) is 0 Å². The van der Waals surface area contributed by atoms with Gasteiger partial charge in [-0.1, -0.05) is 0 Å². The van der Waals surface area contributed by atoms with Crippen LogP contribution in [0.1, 0.15) is 33.6 Å². The summed E-state index contributed by atoms with van der Waals surface area (Å²) in [6, 6.07) is 0. The van der Waals surface area contributed by atoms with Crippen molar-refractivity contribution in [2.75, 3.05) is 0 Å². The predicted octanol–water partition coefficient (Wildman–Crippen LogP) is 1.70. The summed E-state index contributed by atoms with van der Waals surface area (Å²) in [5, 5.41) is 11.1. The molecule has 3 atom stereocenters. The topological polar surface area (TPSA) is 119 Å². The first-order valence-corrected chi connectivity index (χ1v) is 8.28. The first-order chi connectivity index (χ1) is 11.0. The molecule has 0 aromatic carbocycles. The van der Waals surface area contributed by atoms with Crippen molar-refractivity contribution < 1.29 is 49.6 Å². The predicted molar refractivity (Wildman–Crippen MR) is 73.7 cm³/mol. The van der Waals surface area contributed by atoms with Gasteiger partial charge in [-0.15, -0.1) is 0 Å². The molecule has 0 bridgehead atoms. The van der Waals surface area contributed by atoms with Crippen LogP contribution in [0.2, 0.25) is 0 Å². The van der Waals surface area contributed by atoms with Gasteiger partial charge in [0.15, 0.2) is 0 Å². The molecule has 1 amide bonds. The molecule has 0 heterocycles. The highest BCUT2D eigenvalue weighted by Crippen LogP contribution is 2.38. The first-order valence-electron chi connectivity index (χ1n) is 6.87. The zero-order chi connectivity index (χ0) is 19.8. The maximum atomic E-state index is 13.9. The minimum atomic E-state index is -6.12. The average molecular weight is 395 g/mol. The highest BCUT2D eigenvalue weighted by atomic mass is 32.2. The third kappa shape index (κ3) is 5.17. The van der Waals surface area contributed by atoms with Gasteiger partial charge in [-0.25, -0.2) is 14.0 Å². The lowest BCUT2D eigenvalue weighted by Gasteiger charge is -2.28. The molecule has 25 heavy (non-hydrogen) atoms. The second-order valence-electron chi connectivity index (χ2n) is 6.47. The van der Waals surface area contributed by atoms with Crippen molar-refractivity contribution in [3.63, 3.8) is 0 Å². The standard InChI is InChI=1S/C12H17F4NO7S/c1-10(2,3)23-9(20)17-11(8(18)19)4-6(13)7(5-11)24-25(21,22)12(14,15)16/h6-7H,4-5H2,1-3H3,(H,17,20)(H,18,19)/t6-,7+,11-/m0/s1. The fourth-order valence-electron chi connectivity index (χ4n) is 2.16. The Bertz CT molecular complexity index is 643. The van der Waals surface area contributed by atoms with Crippen molar-refractivity contribution in [3.8, 4) is 0 Å². The number of hydrogen-bond acceptors (Lipinski definition) is 6. The van der Waals surface area contributed by atoms with E-state index in [0.29, 0.717) is 0 Å². The molecular weight excluding hydrogens is 378 g/mol. The number of aliphatic carboxylic acids is 1. The van der Waals surface area contributed by atoms with E-state index < -0.39 is 63.9 Å². The van der Waals surface area contributed by atoms with Crippen LogP contribution < -0.4 is 5.32 Å². The molecule has 0 aliphatic heterocycles. The van der Waals surface area contributed by atoms with Gasteiger partial charge in [0.05, 0.1) is 0 Å². The van der Waals surface area contributed by atoms with Crippen LogP contribution in [0, 0.1) is 0 Å². The zero-order valence-electron chi connectivity index (χ0n) is 13.4. The Morgan fingerprint density at radius 3 is 2.12 bits per heavy atom. The Hall–Kier alpha value is -1.63. The molecule has 1 rings (SSSR count). The fourth-order valence-corrected chi connectivity index (χ4v) is 2.78. The number of ether oxygens (including phenoxy) is 1. The van der Waals surface area contributed by atoms with E-state index in [9.17, 15) is 40.7 Å². The summed E-state index contributed by atoms with van der Waals surface area (Å²) < 4.78 is 81.4. The summed E-state index contributed by atoms with van der Waals surface area (Å²) in [5.41, 5.74) is -9.18. The number of nitrogens with one attached hydrogen (secondary N) is 1. The quantitative estimate of drug-likeness (QED) is 0.422. The average Bonchev–Trinajstić information content (AvgIpc) is 2.62. The molecule has 1 aliphatic rings. The summed E-state index contributed by atoms with van der Waals surface area (Å²) >= 11 is 0. The van der Waals surface area contributed by atoms with Crippen LogP contribution in [-0.4, -0.2) is 54.5 Å². The number of halogens is 4. The third-order valence-electron chi connectivity index (χ3n) is 3.18. The van der Waals surface area contributed by atoms with Gasteiger partial charge in [0.25, 0.3) is 0 Å². The van der Waals surface area contributed by atoms with E-state index in [1.807, 2.05) is 5.32 Å². The molecular formula is C12H17F4NO7S. The van der Waals surface area contributed by atoms with Crippen LogP contribution in [-0.2, 0) is 23.8 Å². The van der Waals surface area contributed by atoms with Crippen LogP contribution in [0.15, 0.2) is 0 Å². The number of rotatable bonds is 4. The zero-order valence-corrected chi connectivity index (χ0v) is 14.2. The third-order valence-corrected chi connectivity index (χ3v) is 4.25. The Morgan fingerprint density at radius 2 is 1.72 bits per heavy atom. The minimum absolute atomic E-state index is 0.986. The molecule has 0 spiro atoms. The molecule has 8 nitrogen and oxygen atoms in total. The van der Waals surface area contributed by atoms with Gasteiger partial charge in [-0.3, -0.25) is 4.18 Å². The van der Waals surface area contributed by atoms with Crippen LogP contribution in [0.25, 0.3) is 0 Å². The Kier molecular flexibility index (Phi) is 5.65. The first kappa shape index (κ1) is 21.4. The summed E-state index contributed by atoms with van der Waals surface area (Å²) in [6.07, 6.45) is -7.86. The van der Waals surface area contributed by atoms with Crippen LogP contribution in [0.4, 0.5) is 22.4 Å². The molecule has 0 aromatic heterocycles. The maximum Gasteiger partial charge on any atom is 0.523 e. The highest BCUT2D eigenvalue weighted by molar-refractivity contribution is 7.87. The molecule has 0 unspecified atom stereocenters. The van der Waals surface area contributed by atoms with Crippen molar-refractivity contribution in [3.05, 3.63) is 0 Å². The van der Waals surface area contributed by atoms with Crippen molar-refractivity contribution >= 4 is 22.2 Å². The Morgan fingerprint density at radius 1 is 1.20 bits per heavy atom. The van der Waals surface area contributed by atoms with E-state index in [-0.39, 0.29) is 0 Å². The van der Waals surface area contributed by atoms with Crippen LogP contribution >= 0.6 is 0 Å². The molecule has 1 aliphatic carbocycles. The molecule has 0 saturated heterocycles. The molecule has 1 fully saturated rings. The molecule has 0 radical (unpaired) electrons. The molecule has 1 saturated carbocycles. The Labute approximate surface area is 140 Å². The SMILES string of the molecule is CC(C)(C)OC(=O)N[C@@]1(C(=O)O)C[C@H](F)[C@H](OS(=O)(=O)C(F)(F)F)C1. The minimum Gasteiger partial charge on any atom is -0.479 e. The summed E-state index contributed by atoms with van der Waals surface area (Å²) in [5.74, 6) is -1.77. The summed E-state index contributed by atoms with van der Waals surface area (Å²) in [7, 11) is -6.12. The maximum absolute atomic E-state index is 13.9. The fraction of sp³-hybridized carbons (Fsp3) is 0.833. The number of hydrogen-bond donors (Lipinski definition) is 2. The number of carboxylic acids is 1. The van der Waals surface area contributed by atoms with Crippen molar-refractivity contribution in [1.29, 1.82) is 0 Å². The molecule has 0 aromatic rings. The highest BCUT2D eigenvalue weighted by Gasteiger charge is 2.57. The van der Waals surface area contributed by atoms with Gasteiger partial charge in [-0.2, -0.15) is 21.6 Å². The molecule has 146 valence electrons. The number of carbonyl (C=O) groups is 2. The summed E-state index contributed by atoms with van der Waals surface area (Å²) in [4.78, 5) is 23.1. The van der Waals surface area contributed by atoms with Gasteiger partial charge in [-0.05, 0) is 20.8 Å². The number of carbonyl (C=O) groups excluding carboxylic acids is 1. The van der Waals surface area contributed by atoms with Gasteiger partial charge in [0.2, 0.25) is 0 Å². The van der Waals surface area contributed by atoms with E-state index in [2.05, 4.69) is 4.18 Å². The number of carboxylic acid groups (broad SMARTS) is 1. The van der Waals surface area contributed by atoms with Gasteiger partial charge in [0.1, 0.15) is 23.4 Å². The van der Waals surface area contributed by atoms with Gasteiger partial charge >= 0.3 is 27.7 Å². The second kappa shape index (κ2) is 6.59. The van der Waals surface area contributed by atoms with Crippen LogP contribution in [0.3, 0.4) is 0 Å². The lowest BCUT2D eigenvalue weighted by Crippen LogP contribution is -2.54. The summed E-state index contributed by atoms with van der Waals surface area (Å²) in [6.45, 7) is 4.40. The largest absolute Gasteiger partial charge is 0.523 e. The van der Waals surface area contributed by atoms with Gasteiger partial charge < -0.3 is 15.2 Å². The van der Waals surface area contributed by atoms with E-state index in [0.717, 1.165) is 0 Å². The van der Waals surface area contributed by atoms with Crippen molar-refractivity contribution in [2.24, 2.45) is 0 Å². The lowest BCUT2D eigenvalue weighted by atomic mass is 9.98. The molecule has 13 heteroatoms. The van der Waals surface area contributed by atoms with Gasteiger partial charge in [0, 0.05) is 12.8 Å². The smallest absolute Gasteiger partial charge is 0.479 e. The lowest BCUT2D eigenvalue weighted by molar-refractivity contribution is -0.145. The van der Waals surface area contributed by atoms with Crippen molar-refractivity contribution in [2.45, 2.75) is 62.5 Å². The Balaban J connectivity index is 2.99. The number of amides is 1. The number of alkyl halides is 4. The second-order valence-corrected chi connectivity index (χ2v) is 8.04. The monoisotopic (exact) mass is 395 g/mol. The van der Waals surface area contributed by atoms with E-state index in [1.165, 1.54) is 20.8 Å². The number of alkyl carbamates (subject to hydrolysis) is 1.